The molecule has 0 unspecified atom stereocenters. The van der Waals surface area contributed by atoms with Crippen LogP contribution in [0, 0.1) is 11.3 Å². The van der Waals surface area contributed by atoms with Gasteiger partial charge in [-0.1, -0.05) is 96.7 Å². The number of thioether (sulfide) groups is 1. The average Bonchev–Trinajstić information content (AvgIpc) is 3.35. The highest BCUT2D eigenvalue weighted by atomic mass is 32.2. The maximum Gasteiger partial charge on any atom is 0.210 e. The first kappa shape index (κ1) is 22.2. The molecule has 0 amide bonds. The number of imidazole rings is 1. The Morgan fingerprint density at radius 2 is 1.12 bits per heavy atom. The van der Waals surface area contributed by atoms with E-state index in [2.05, 4.69) is 114 Å². The van der Waals surface area contributed by atoms with Crippen LogP contribution < -0.4 is 21.3 Å². The maximum atomic E-state index is 9.40. The van der Waals surface area contributed by atoms with Crippen molar-refractivity contribution in [2.24, 2.45) is 0 Å². The van der Waals surface area contributed by atoms with Crippen LogP contribution in [0.15, 0.2) is 126 Å². The molecule has 0 aliphatic heterocycles. The molecule has 1 heterocycles. The van der Waals surface area contributed by atoms with Gasteiger partial charge in [0.15, 0.2) is 12.3 Å². The summed E-state index contributed by atoms with van der Waals surface area (Å²) in [5.74, 6) is 1.16. The van der Waals surface area contributed by atoms with Crippen LogP contribution in [-0.4, -0.2) is 15.7 Å². The summed E-state index contributed by atoms with van der Waals surface area (Å²) < 4.78 is 0. The first-order valence-electron chi connectivity index (χ1n) is 11.1. The third kappa shape index (κ3) is 4.05. The summed E-state index contributed by atoms with van der Waals surface area (Å²) >= 11 is 1.50. The van der Waals surface area contributed by atoms with Crippen molar-refractivity contribution in [1.82, 2.24) is 9.97 Å². The molecule has 5 heteroatoms. The van der Waals surface area contributed by atoms with Crippen molar-refractivity contribution < 1.29 is 0 Å². The van der Waals surface area contributed by atoms with E-state index in [9.17, 15) is 5.26 Å². The molecular formula is C29H23N3PS+. The molecule has 4 aromatic carbocycles. The minimum Gasteiger partial charge on any atom is -0.307 e. The van der Waals surface area contributed by atoms with E-state index in [-0.39, 0.29) is 0 Å². The van der Waals surface area contributed by atoms with Gasteiger partial charge in [0.25, 0.3) is 0 Å². The predicted molar refractivity (Wildman–Crippen MR) is 145 cm³/mol. The molecule has 0 aliphatic rings. The Morgan fingerprint density at radius 3 is 1.56 bits per heavy atom. The maximum absolute atomic E-state index is 9.40. The Labute approximate surface area is 204 Å². The van der Waals surface area contributed by atoms with Crippen LogP contribution in [0.4, 0.5) is 0 Å². The van der Waals surface area contributed by atoms with E-state index in [0.717, 1.165) is 21.8 Å². The SMILES string of the molecule is N#CCSc1nc(-c2ccccc2)[nH]c1[P+](c1ccccc1)(c1ccccc1)c1ccccc1. The van der Waals surface area contributed by atoms with Crippen molar-refractivity contribution in [3.8, 4) is 17.5 Å². The number of benzene rings is 4. The highest BCUT2D eigenvalue weighted by molar-refractivity contribution is 8.04. The van der Waals surface area contributed by atoms with Gasteiger partial charge in [0.1, 0.15) is 21.7 Å². The van der Waals surface area contributed by atoms with Crippen molar-refractivity contribution in [1.29, 1.82) is 5.26 Å². The van der Waals surface area contributed by atoms with Crippen LogP contribution in [0.2, 0.25) is 0 Å². The summed E-state index contributed by atoms with van der Waals surface area (Å²) in [4.78, 5) is 8.80. The molecule has 0 aliphatic carbocycles. The van der Waals surface area contributed by atoms with Crippen molar-refractivity contribution in [2.75, 3.05) is 5.75 Å². The third-order valence-electron chi connectivity index (χ3n) is 5.74. The number of H-pyrrole nitrogens is 1. The van der Waals surface area contributed by atoms with E-state index in [1.54, 1.807) is 0 Å². The molecule has 3 nitrogen and oxygen atoms in total. The van der Waals surface area contributed by atoms with Crippen LogP contribution in [-0.2, 0) is 0 Å². The van der Waals surface area contributed by atoms with E-state index in [0.29, 0.717) is 5.75 Å². The van der Waals surface area contributed by atoms with Gasteiger partial charge in [-0.05, 0) is 36.4 Å². The minimum atomic E-state index is -2.33. The van der Waals surface area contributed by atoms with Gasteiger partial charge in [-0.25, -0.2) is 4.98 Å². The fourth-order valence-electron chi connectivity index (χ4n) is 4.30. The third-order valence-corrected chi connectivity index (χ3v) is 10.9. The molecule has 5 rings (SSSR count). The summed E-state index contributed by atoms with van der Waals surface area (Å²) in [6.45, 7) is 0. The van der Waals surface area contributed by atoms with Crippen LogP contribution in [0.1, 0.15) is 0 Å². The highest BCUT2D eigenvalue weighted by Crippen LogP contribution is 2.55. The molecule has 0 saturated heterocycles. The van der Waals surface area contributed by atoms with E-state index in [4.69, 9.17) is 4.98 Å². The van der Waals surface area contributed by atoms with E-state index in [1.165, 1.54) is 27.7 Å². The summed E-state index contributed by atoms with van der Waals surface area (Å²) in [5.41, 5.74) is 2.11. The fourth-order valence-corrected chi connectivity index (χ4v) is 9.59. The second-order valence-electron chi connectivity index (χ2n) is 7.73. The molecule has 1 N–H and O–H groups in total. The first-order valence-corrected chi connectivity index (χ1v) is 13.8. The van der Waals surface area contributed by atoms with Gasteiger partial charge in [0.2, 0.25) is 5.44 Å². The molecule has 1 aromatic heterocycles. The standard InChI is InChI=1S/C29H23N3PS/c30-21-22-34-29-28(31-27(32-29)23-13-5-1-6-14-23)33(24-15-7-2-8-16-24,25-17-9-3-10-18-25)26-19-11-4-12-20-26/h1-20H,22H2,(H,31,32)/q+1. The number of hydrogen-bond acceptors (Lipinski definition) is 3. The van der Waals surface area contributed by atoms with Gasteiger partial charge in [0.05, 0.1) is 11.8 Å². The number of aromatic amines is 1. The first-order chi connectivity index (χ1) is 16.8. The van der Waals surface area contributed by atoms with Crippen molar-refractivity contribution >= 4 is 40.4 Å². The summed E-state index contributed by atoms with van der Waals surface area (Å²) in [5, 5.41) is 14.0. The molecule has 0 fully saturated rings. The van der Waals surface area contributed by atoms with E-state index >= 15 is 0 Å². The van der Waals surface area contributed by atoms with Crippen LogP contribution >= 0.6 is 19.0 Å². The zero-order valence-corrected chi connectivity index (χ0v) is 20.2. The second kappa shape index (κ2) is 10.1. The average molecular weight is 477 g/mol. The molecule has 0 atom stereocenters. The molecule has 0 radical (unpaired) electrons. The lowest BCUT2D eigenvalue weighted by atomic mass is 10.2. The van der Waals surface area contributed by atoms with E-state index in [1.807, 2.05) is 18.2 Å². The number of hydrogen-bond donors (Lipinski definition) is 1. The molecule has 164 valence electrons. The lowest BCUT2D eigenvalue weighted by Gasteiger charge is -2.26. The van der Waals surface area contributed by atoms with Crippen LogP contribution in [0.5, 0.6) is 0 Å². The molecular weight excluding hydrogens is 453 g/mol. The van der Waals surface area contributed by atoms with Gasteiger partial charge in [-0.2, -0.15) is 5.26 Å². The number of rotatable bonds is 7. The Kier molecular flexibility index (Phi) is 6.58. The summed E-state index contributed by atoms with van der Waals surface area (Å²) in [6.07, 6.45) is 0. The summed E-state index contributed by atoms with van der Waals surface area (Å²) in [7, 11) is -2.33. The second-order valence-corrected chi connectivity index (χ2v) is 12.0. The van der Waals surface area contributed by atoms with Crippen LogP contribution in [0.25, 0.3) is 11.4 Å². The molecule has 34 heavy (non-hydrogen) atoms. The number of nitrogens with zero attached hydrogens (tertiary/aromatic N) is 2. The monoisotopic (exact) mass is 476 g/mol. The van der Waals surface area contributed by atoms with E-state index < -0.39 is 7.26 Å². The number of nitriles is 1. The minimum absolute atomic E-state index is 0.338. The zero-order valence-electron chi connectivity index (χ0n) is 18.5. The Morgan fingerprint density at radius 1 is 0.676 bits per heavy atom. The smallest absolute Gasteiger partial charge is 0.210 e. The van der Waals surface area contributed by atoms with Crippen molar-refractivity contribution in [3.63, 3.8) is 0 Å². The van der Waals surface area contributed by atoms with Gasteiger partial charge in [-0.15, -0.1) is 0 Å². The molecule has 0 bridgehead atoms. The lowest BCUT2D eigenvalue weighted by Crippen LogP contribution is -2.40. The lowest BCUT2D eigenvalue weighted by molar-refractivity contribution is 1.21. The van der Waals surface area contributed by atoms with Gasteiger partial charge in [0, 0.05) is 5.56 Å². The Hall–Kier alpha value is -3.64. The Balaban J connectivity index is 1.88. The zero-order chi connectivity index (χ0) is 23.2. The van der Waals surface area contributed by atoms with Crippen LogP contribution in [0.3, 0.4) is 0 Å². The number of aromatic nitrogens is 2. The normalized spacial score (nSPS) is 11.1. The largest absolute Gasteiger partial charge is 0.307 e. The van der Waals surface area contributed by atoms with Gasteiger partial charge >= 0.3 is 0 Å². The van der Waals surface area contributed by atoms with Gasteiger partial charge in [-0.3, -0.25) is 0 Å². The topological polar surface area (TPSA) is 52.5 Å². The number of nitrogens with one attached hydrogen (secondary N) is 1. The summed E-state index contributed by atoms with van der Waals surface area (Å²) in [6, 6.07) is 44.6. The molecule has 0 spiro atoms. The highest BCUT2D eigenvalue weighted by Gasteiger charge is 2.51. The van der Waals surface area contributed by atoms with Crippen molar-refractivity contribution in [3.05, 3.63) is 121 Å². The molecule has 5 aromatic rings. The molecule has 0 saturated carbocycles. The predicted octanol–water partition coefficient (Wildman–Crippen LogP) is 5.31. The van der Waals surface area contributed by atoms with Crippen molar-refractivity contribution in [2.45, 2.75) is 5.03 Å². The quantitative estimate of drug-likeness (QED) is 0.256. The Bertz CT molecular complexity index is 1300. The fraction of sp³-hybridized carbons (Fsp3) is 0.0345. The van der Waals surface area contributed by atoms with Gasteiger partial charge < -0.3 is 4.98 Å².